The van der Waals surface area contributed by atoms with Crippen LogP contribution in [0, 0.1) is 0 Å². The van der Waals surface area contributed by atoms with Crippen LogP contribution in [0.3, 0.4) is 0 Å². The highest BCUT2D eigenvalue weighted by atomic mass is 35.5. The highest BCUT2D eigenvalue weighted by molar-refractivity contribution is 7.93. The standard InChI is InChI=1S/C24H31ClN6O5S/c1-15(21(36-4)22-26-13-17(25)14-27-22)37(32,33)30-24-29-28-23(16-9-6-5-7-10-16)31(24)20-18(34-2)11-8-12-19(20)35-3/h8,11-16,21H,5-7,9-10H2,1-4H3,(H,29,30)/t15-,21-/m0/s1. The fourth-order valence-corrected chi connectivity index (χ4v) is 5.85. The molecule has 1 aliphatic carbocycles. The van der Waals surface area contributed by atoms with Gasteiger partial charge in [-0.2, -0.15) is 0 Å². The summed E-state index contributed by atoms with van der Waals surface area (Å²) in [5.41, 5.74) is 0.521. The van der Waals surface area contributed by atoms with E-state index in [1.807, 2.05) is 0 Å². The van der Waals surface area contributed by atoms with Crippen molar-refractivity contribution in [3.8, 4) is 17.2 Å². The summed E-state index contributed by atoms with van der Waals surface area (Å²) in [6.07, 6.45) is 6.98. The van der Waals surface area contributed by atoms with E-state index in [-0.39, 0.29) is 17.7 Å². The smallest absolute Gasteiger partial charge is 0.243 e. The zero-order valence-corrected chi connectivity index (χ0v) is 22.8. The van der Waals surface area contributed by atoms with Crippen LogP contribution in [0.4, 0.5) is 5.95 Å². The third-order valence-electron chi connectivity index (χ3n) is 6.58. The molecule has 0 spiro atoms. The molecular formula is C24H31ClN6O5S. The van der Waals surface area contributed by atoms with E-state index in [4.69, 9.17) is 25.8 Å². The maximum absolute atomic E-state index is 13.6. The van der Waals surface area contributed by atoms with Gasteiger partial charge in [0.05, 0.1) is 19.2 Å². The Bertz CT molecular complexity index is 1290. The van der Waals surface area contributed by atoms with Crippen molar-refractivity contribution in [2.45, 2.75) is 56.3 Å². The Morgan fingerprint density at radius 2 is 1.65 bits per heavy atom. The van der Waals surface area contributed by atoms with Gasteiger partial charge in [0.2, 0.25) is 16.0 Å². The fourth-order valence-electron chi connectivity index (χ4n) is 4.62. The van der Waals surface area contributed by atoms with Gasteiger partial charge in [0, 0.05) is 25.4 Å². The van der Waals surface area contributed by atoms with Gasteiger partial charge in [-0.15, -0.1) is 10.2 Å². The van der Waals surface area contributed by atoms with Crippen molar-refractivity contribution in [2.24, 2.45) is 0 Å². The molecule has 1 N–H and O–H groups in total. The predicted octanol–water partition coefficient (Wildman–Crippen LogP) is 4.29. The highest BCUT2D eigenvalue weighted by Crippen LogP contribution is 2.40. The summed E-state index contributed by atoms with van der Waals surface area (Å²) in [6.45, 7) is 1.51. The maximum atomic E-state index is 13.6. The number of nitrogens with zero attached hydrogens (tertiary/aromatic N) is 5. The molecule has 1 aliphatic rings. The minimum Gasteiger partial charge on any atom is -0.494 e. The van der Waals surface area contributed by atoms with Gasteiger partial charge in [-0.25, -0.2) is 18.4 Å². The van der Waals surface area contributed by atoms with Gasteiger partial charge >= 0.3 is 0 Å². The lowest BCUT2D eigenvalue weighted by molar-refractivity contribution is 0.0950. The van der Waals surface area contributed by atoms with Crippen LogP contribution >= 0.6 is 11.6 Å². The molecule has 0 radical (unpaired) electrons. The van der Waals surface area contributed by atoms with Crippen LogP contribution in [0.5, 0.6) is 11.5 Å². The first kappa shape index (κ1) is 27.1. The molecule has 200 valence electrons. The average Bonchev–Trinajstić information content (AvgIpc) is 3.32. The second-order valence-corrected chi connectivity index (χ2v) is 11.3. The average molecular weight is 551 g/mol. The molecule has 0 saturated heterocycles. The van der Waals surface area contributed by atoms with Crippen molar-refractivity contribution in [1.82, 2.24) is 24.7 Å². The Morgan fingerprint density at radius 3 is 2.22 bits per heavy atom. The van der Waals surface area contributed by atoms with E-state index < -0.39 is 21.4 Å². The zero-order chi connectivity index (χ0) is 26.6. The molecule has 1 saturated carbocycles. The normalized spacial score (nSPS) is 16.2. The molecule has 0 unspecified atom stereocenters. The number of benzene rings is 1. The lowest BCUT2D eigenvalue weighted by atomic mass is 9.88. The van der Waals surface area contributed by atoms with Gasteiger partial charge in [0.1, 0.15) is 34.4 Å². The Labute approximate surface area is 221 Å². The second-order valence-electron chi connectivity index (χ2n) is 8.83. The van der Waals surface area contributed by atoms with Crippen LogP contribution in [0.15, 0.2) is 30.6 Å². The molecule has 0 aliphatic heterocycles. The Kier molecular flexibility index (Phi) is 8.50. The summed E-state index contributed by atoms with van der Waals surface area (Å²) < 4.78 is 48.3. The Morgan fingerprint density at radius 1 is 1.03 bits per heavy atom. The van der Waals surface area contributed by atoms with Gasteiger partial charge < -0.3 is 14.2 Å². The summed E-state index contributed by atoms with van der Waals surface area (Å²) in [6, 6.07) is 5.36. The third kappa shape index (κ3) is 5.65. The molecule has 2 aromatic heterocycles. The van der Waals surface area contributed by atoms with E-state index in [1.54, 1.807) is 37.0 Å². The molecule has 4 rings (SSSR count). The molecule has 1 fully saturated rings. The first-order valence-electron chi connectivity index (χ1n) is 12.0. The molecule has 0 amide bonds. The Hall–Kier alpha value is -2.96. The van der Waals surface area contributed by atoms with E-state index in [0.29, 0.717) is 28.0 Å². The van der Waals surface area contributed by atoms with Crippen LogP contribution in [-0.2, 0) is 14.8 Å². The number of hydrogen-bond acceptors (Lipinski definition) is 9. The number of halogens is 1. The van der Waals surface area contributed by atoms with Crippen LogP contribution in [0.1, 0.15) is 62.7 Å². The van der Waals surface area contributed by atoms with Crippen molar-refractivity contribution >= 4 is 27.6 Å². The lowest BCUT2D eigenvalue weighted by Gasteiger charge is -2.25. The maximum Gasteiger partial charge on any atom is 0.243 e. The van der Waals surface area contributed by atoms with Crippen molar-refractivity contribution < 1.29 is 22.6 Å². The van der Waals surface area contributed by atoms with E-state index in [9.17, 15) is 8.42 Å². The number of sulfonamides is 1. The van der Waals surface area contributed by atoms with Gasteiger partial charge in [0.15, 0.2) is 5.82 Å². The minimum atomic E-state index is -4.06. The fraction of sp³-hybridized carbons (Fsp3) is 0.500. The summed E-state index contributed by atoms with van der Waals surface area (Å²) >= 11 is 5.89. The third-order valence-corrected chi connectivity index (χ3v) is 8.47. The molecule has 2 heterocycles. The number of para-hydroxylation sites is 1. The number of anilines is 1. The quantitative estimate of drug-likeness (QED) is 0.392. The summed E-state index contributed by atoms with van der Waals surface area (Å²) in [4.78, 5) is 8.28. The number of ether oxygens (including phenoxy) is 3. The summed E-state index contributed by atoms with van der Waals surface area (Å²) in [5, 5.41) is 7.98. The molecule has 0 bridgehead atoms. The van der Waals surface area contributed by atoms with Crippen molar-refractivity contribution in [3.63, 3.8) is 0 Å². The van der Waals surface area contributed by atoms with Crippen molar-refractivity contribution in [1.29, 1.82) is 0 Å². The topological polar surface area (TPSA) is 130 Å². The largest absolute Gasteiger partial charge is 0.494 e. The summed E-state index contributed by atoms with van der Waals surface area (Å²) in [5.74, 6) is 1.98. The van der Waals surface area contributed by atoms with Crippen molar-refractivity contribution in [2.75, 3.05) is 26.1 Å². The number of aromatic nitrogens is 5. The minimum absolute atomic E-state index is 0.0297. The van der Waals surface area contributed by atoms with Gasteiger partial charge in [-0.05, 0) is 31.9 Å². The first-order chi connectivity index (χ1) is 17.8. The SMILES string of the molecule is COc1cccc(OC)c1-n1c(NS(=O)(=O)[C@@H](C)[C@H](OC)c2ncc(Cl)cn2)nnc1C1CCCCC1. The lowest BCUT2D eigenvalue weighted by Crippen LogP contribution is -2.33. The molecule has 11 nitrogen and oxygen atoms in total. The zero-order valence-electron chi connectivity index (χ0n) is 21.2. The van der Waals surface area contributed by atoms with Crippen molar-refractivity contribution in [3.05, 3.63) is 47.3 Å². The number of hydrogen-bond donors (Lipinski definition) is 1. The van der Waals surface area contributed by atoms with Gasteiger partial charge in [-0.1, -0.05) is 36.9 Å². The van der Waals surface area contributed by atoms with E-state index in [1.165, 1.54) is 26.4 Å². The number of nitrogens with one attached hydrogen (secondary N) is 1. The van der Waals surface area contributed by atoms with Crippen LogP contribution in [0.25, 0.3) is 5.69 Å². The molecular weight excluding hydrogens is 520 g/mol. The predicted molar refractivity (Wildman–Crippen MR) is 139 cm³/mol. The molecule has 1 aromatic carbocycles. The number of rotatable bonds is 10. The highest BCUT2D eigenvalue weighted by Gasteiger charge is 2.35. The van der Waals surface area contributed by atoms with Crippen LogP contribution in [-0.4, -0.2) is 59.7 Å². The van der Waals surface area contributed by atoms with E-state index >= 15 is 0 Å². The molecule has 2 atom stereocenters. The van der Waals surface area contributed by atoms with E-state index in [2.05, 4.69) is 24.9 Å². The monoisotopic (exact) mass is 550 g/mol. The number of methoxy groups -OCH3 is 3. The molecule has 13 heteroatoms. The van der Waals surface area contributed by atoms with Crippen LogP contribution in [0.2, 0.25) is 5.02 Å². The molecule has 37 heavy (non-hydrogen) atoms. The van der Waals surface area contributed by atoms with E-state index in [0.717, 1.165) is 32.1 Å². The van der Waals surface area contributed by atoms with Crippen LogP contribution < -0.4 is 14.2 Å². The second kappa shape index (κ2) is 11.6. The Balaban J connectivity index is 1.78. The first-order valence-corrected chi connectivity index (χ1v) is 13.9. The summed E-state index contributed by atoms with van der Waals surface area (Å²) in [7, 11) is 0.429. The van der Waals surface area contributed by atoms with Gasteiger partial charge in [-0.3, -0.25) is 9.29 Å². The van der Waals surface area contributed by atoms with Gasteiger partial charge in [0.25, 0.3) is 0 Å². The molecule has 3 aromatic rings.